The first-order valence-corrected chi connectivity index (χ1v) is 8.95. The minimum absolute atomic E-state index is 0.0843. The third-order valence-corrected chi connectivity index (χ3v) is 5.12. The van der Waals surface area contributed by atoms with Crippen LogP contribution in [-0.4, -0.2) is 34.2 Å². The van der Waals surface area contributed by atoms with Crippen LogP contribution >= 0.6 is 11.8 Å². The Morgan fingerprint density at radius 2 is 2.04 bits per heavy atom. The predicted molar refractivity (Wildman–Crippen MR) is 102 cm³/mol. The lowest BCUT2D eigenvalue weighted by Crippen LogP contribution is -2.43. The first-order chi connectivity index (χ1) is 12.4. The zero-order valence-electron chi connectivity index (χ0n) is 14.4. The molecule has 1 aliphatic heterocycles. The maximum Gasteiger partial charge on any atom is 0.238 e. The summed E-state index contributed by atoms with van der Waals surface area (Å²) in [4.78, 5) is 30.5. The van der Waals surface area contributed by atoms with Crippen molar-refractivity contribution < 1.29 is 14.0 Å². The second-order valence-corrected chi connectivity index (χ2v) is 7.17. The number of aryl methyl sites for hydroxylation is 1. The molecule has 2 aromatic carbocycles. The van der Waals surface area contributed by atoms with Crippen LogP contribution < -0.4 is 5.32 Å². The van der Waals surface area contributed by atoms with Crippen LogP contribution in [0.15, 0.2) is 53.5 Å². The Bertz CT molecular complexity index is 885. The molecule has 2 aromatic rings. The quantitative estimate of drug-likeness (QED) is 0.894. The standard InChI is InChI=1S/C19H18FN3O2S/c1-12-5-3-7-14(9-12)21-18(25)16-11-17(24)23(2)19(26-16)22-15-8-4-6-13(20)10-15/h3-10,16H,11H2,1-2H3,(H,21,25). The molecule has 0 aliphatic carbocycles. The Morgan fingerprint density at radius 3 is 2.77 bits per heavy atom. The molecule has 1 unspecified atom stereocenters. The summed E-state index contributed by atoms with van der Waals surface area (Å²) in [5, 5.41) is 2.62. The Kier molecular flexibility index (Phi) is 5.37. The lowest BCUT2D eigenvalue weighted by molar-refractivity contribution is -0.128. The predicted octanol–water partition coefficient (Wildman–Crippen LogP) is 3.72. The lowest BCUT2D eigenvalue weighted by atomic mass is 10.2. The average molecular weight is 371 g/mol. The van der Waals surface area contributed by atoms with Crippen molar-refractivity contribution in [1.29, 1.82) is 0 Å². The largest absolute Gasteiger partial charge is 0.325 e. The second-order valence-electron chi connectivity index (χ2n) is 6.00. The molecular weight excluding hydrogens is 353 g/mol. The number of anilines is 1. The van der Waals surface area contributed by atoms with Crippen molar-refractivity contribution in [2.24, 2.45) is 4.99 Å². The van der Waals surface area contributed by atoms with Crippen LogP contribution in [0, 0.1) is 12.7 Å². The molecule has 0 aromatic heterocycles. The van der Waals surface area contributed by atoms with Gasteiger partial charge in [0.05, 0.1) is 5.69 Å². The van der Waals surface area contributed by atoms with Crippen LogP contribution in [0.2, 0.25) is 0 Å². The van der Waals surface area contributed by atoms with E-state index in [0.29, 0.717) is 16.5 Å². The van der Waals surface area contributed by atoms with Gasteiger partial charge in [-0.15, -0.1) is 0 Å². The molecule has 2 amide bonds. The van der Waals surface area contributed by atoms with E-state index in [2.05, 4.69) is 10.3 Å². The summed E-state index contributed by atoms with van der Waals surface area (Å²) >= 11 is 1.20. The fourth-order valence-electron chi connectivity index (χ4n) is 2.50. The smallest absolute Gasteiger partial charge is 0.238 e. The topological polar surface area (TPSA) is 61.8 Å². The summed E-state index contributed by atoms with van der Waals surface area (Å²) in [5.41, 5.74) is 2.11. The van der Waals surface area contributed by atoms with E-state index in [-0.39, 0.29) is 18.2 Å². The number of amides is 2. The third-order valence-electron chi connectivity index (χ3n) is 3.88. The fourth-order valence-corrected chi connectivity index (χ4v) is 3.56. The maximum absolute atomic E-state index is 13.4. The van der Waals surface area contributed by atoms with Crippen molar-refractivity contribution in [2.45, 2.75) is 18.6 Å². The first kappa shape index (κ1) is 18.1. The van der Waals surface area contributed by atoms with Gasteiger partial charge in [-0.3, -0.25) is 14.5 Å². The summed E-state index contributed by atoms with van der Waals surface area (Å²) < 4.78 is 13.4. The highest BCUT2D eigenvalue weighted by molar-refractivity contribution is 8.15. The van der Waals surface area contributed by atoms with Gasteiger partial charge in [0, 0.05) is 19.2 Å². The van der Waals surface area contributed by atoms with E-state index in [1.54, 1.807) is 25.2 Å². The Labute approximate surface area is 155 Å². The number of carbonyl (C=O) groups excluding carboxylic acids is 2. The lowest BCUT2D eigenvalue weighted by Gasteiger charge is -2.28. The van der Waals surface area contributed by atoms with Crippen molar-refractivity contribution >= 4 is 40.1 Å². The van der Waals surface area contributed by atoms with Crippen LogP contribution in [0.4, 0.5) is 15.8 Å². The van der Waals surface area contributed by atoms with Crippen molar-refractivity contribution in [3.63, 3.8) is 0 Å². The normalized spacial score (nSPS) is 18.9. The zero-order chi connectivity index (χ0) is 18.7. The molecule has 1 heterocycles. The number of thioether (sulfide) groups is 1. The van der Waals surface area contributed by atoms with Crippen LogP contribution in [0.5, 0.6) is 0 Å². The van der Waals surface area contributed by atoms with Crippen LogP contribution in [0.3, 0.4) is 0 Å². The van der Waals surface area contributed by atoms with Gasteiger partial charge in [-0.1, -0.05) is 30.0 Å². The summed E-state index contributed by atoms with van der Waals surface area (Å²) in [6.45, 7) is 1.94. The van der Waals surface area contributed by atoms with Gasteiger partial charge in [-0.05, 0) is 42.8 Å². The molecular formula is C19H18FN3O2S. The molecule has 26 heavy (non-hydrogen) atoms. The molecule has 1 aliphatic rings. The molecule has 1 fully saturated rings. The number of nitrogens with one attached hydrogen (secondary N) is 1. The summed E-state index contributed by atoms with van der Waals surface area (Å²) in [6.07, 6.45) is 0.0843. The van der Waals surface area contributed by atoms with Gasteiger partial charge in [0.25, 0.3) is 0 Å². The molecule has 7 heteroatoms. The fraction of sp³-hybridized carbons (Fsp3) is 0.211. The summed E-state index contributed by atoms with van der Waals surface area (Å²) in [5.74, 6) is -0.868. The van der Waals surface area contributed by atoms with Crippen LogP contribution in [0.1, 0.15) is 12.0 Å². The maximum atomic E-state index is 13.4. The molecule has 3 rings (SSSR count). The molecule has 134 valence electrons. The number of aliphatic imine (C=N–C) groups is 1. The first-order valence-electron chi connectivity index (χ1n) is 8.07. The number of rotatable bonds is 3. The molecule has 5 nitrogen and oxygen atoms in total. The van der Waals surface area contributed by atoms with E-state index in [0.717, 1.165) is 5.56 Å². The summed E-state index contributed by atoms with van der Waals surface area (Å²) in [6, 6.07) is 13.3. The van der Waals surface area contributed by atoms with E-state index >= 15 is 0 Å². The van der Waals surface area contributed by atoms with Gasteiger partial charge >= 0.3 is 0 Å². The number of carbonyl (C=O) groups is 2. The molecule has 0 bridgehead atoms. The van der Waals surface area contributed by atoms with Crippen LogP contribution in [-0.2, 0) is 9.59 Å². The van der Waals surface area contributed by atoms with E-state index in [4.69, 9.17) is 0 Å². The van der Waals surface area contributed by atoms with Crippen molar-refractivity contribution in [3.05, 3.63) is 59.9 Å². The van der Waals surface area contributed by atoms with Crippen LogP contribution in [0.25, 0.3) is 0 Å². The summed E-state index contributed by atoms with van der Waals surface area (Å²) in [7, 11) is 1.60. The van der Waals surface area contributed by atoms with Crippen molar-refractivity contribution in [2.75, 3.05) is 12.4 Å². The highest BCUT2D eigenvalue weighted by atomic mass is 32.2. The molecule has 1 saturated heterocycles. The SMILES string of the molecule is Cc1cccc(NC(=O)C2CC(=O)N(C)C(=Nc3cccc(F)c3)S2)c1. The number of hydrogen-bond acceptors (Lipinski definition) is 4. The van der Waals surface area contributed by atoms with E-state index in [1.165, 1.54) is 28.8 Å². The van der Waals surface area contributed by atoms with E-state index < -0.39 is 11.1 Å². The van der Waals surface area contributed by atoms with Gasteiger partial charge in [-0.25, -0.2) is 9.38 Å². The Balaban J connectivity index is 1.79. The van der Waals surface area contributed by atoms with Crippen molar-refractivity contribution in [3.8, 4) is 0 Å². The number of halogens is 1. The van der Waals surface area contributed by atoms with Gasteiger partial charge in [0.15, 0.2) is 5.17 Å². The Hall–Kier alpha value is -2.67. The second kappa shape index (κ2) is 7.70. The molecule has 1 N–H and O–H groups in total. The third kappa shape index (κ3) is 4.29. The van der Waals surface area contributed by atoms with Gasteiger partial charge in [0.2, 0.25) is 11.8 Å². The molecule has 0 spiro atoms. The average Bonchev–Trinajstić information content (AvgIpc) is 2.59. The highest BCUT2D eigenvalue weighted by Crippen LogP contribution is 2.29. The number of benzene rings is 2. The molecule has 0 saturated carbocycles. The highest BCUT2D eigenvalue weighted by Gasteiger charge is 2.34. The number of hydrogen-bond donors (Lipinski definition) is 1. The van der Waals surface area contributed by atoms with Gasteiger partial charge < -0.3 is 5.32 Å². The minimum atomic E-state index is -0.591. The Morgan fingerprint density at radius 1 is 1.27 bits per heavy atom. The zero-order valence-corrected chi connectivity index (χ0v) is 15.2. The number of amidine groups is 1. The minimum Gasteiger partial charge on any atom is -0.325 e. The molecule has 0 radical (unpaired) electrons. The van der Waals surface area contributed by atoms with Crippen molar-refractivity contribution in [1.82, 2.24) is 4.90 Å². The van der Waals surface area contributed by atoms with E-state index in [1.807, 2.05) is 25.1 Å². The monoisotopic (exact) mass is 371 g/mol. The van der Waals surface area contributed by atoms with Gasteiger partial charge in [0.1, 0.15) is 11.1 Å². The number of nitrogens with zero attached hydrogens (tertiary/aromatic N) is 2. The molecule has 1 atom stereocenters. The van der Waals surface area contributed by atoms with Gasteiger partial charge in [-0.2, -0.15) is 0 Å². The van der Waals surface area contributed by atoms with E-state index in [9.17, 15) is 14.0 Å².